The number of nitrogens with one attached hydrogen (secondary N) is 1. The van der Waals surface area contributed by atoms with Crippen LogP contribution in [0.15, 0.2) is 18.2 Å². The zero-order valence-corrected chi connectivity index (χ0v) is 12.4. The van der Waals surface area contributed by atoms with Crippen molar-refractivity contribution in [1.82, 2.24) is 0 Å². The molecule has 18 heavy (non-hydrogen) atoms. The quantitative estimate of drug-likeness (QED) is 0.806. The highest BCUT2D eigenvalue weighted by molar-refractivity contribution is 7.80. The SMILES string of the molecule is CC(C)C1(CNc2ccc(Cl)cc2C(N)=S)CC1. The fourth-order valence-corrected chi connectivity index (χ4v) is 2.61. The first kappa shape index (κ1) is 13.6. The van der Waals surface area contributed by atoms with Crippen LogP contribution < -0.4 is 11.1 Å². The second-order valence-electron chi connectivity index (χ2n) is 5.42. The Morgan fingerprint density at radius 2 is 2.17 bits per heavy atom. The molecule has 0 atom stereocenters. The maximum Gasteiger partial charge on any atom is 0.106 e. The van der Waals surface area contributed by atoms with Crippen molar-refractivity contribution >= 4 is 34.5 Å². The molecule has 0 aliphatic heterocycles. The summed E-state index contributed by atoms with van der Waals surface area (Å²) in [5.74, 6) is 0.700. The lowest BCUT2D eigenvalue weighted by Gasteiger charge is -2.22. The first-order valence-electron chi connectivity index (χ1n) is 6.28. The van der Waals surface area contributed by atoms with Crippen molar-refractivity contribution in [3.05, 3.63) is 28.8 Å². The topological polar surface area (TPSA) is 38.0 Å². The van der Waals surface area contributed by atoms with E-state index in [1.165, 1.54) is 12.8 Å². The van der Waals surface area contributed by atoms with Crippen LogP contribution in [0.25, 0.3) is 0 Å². The average Bonchev–Trinajstić information content (AvgIpc) is 3.08. The molecule has 3 N–H and O–H groups in total. The molecular formula is C14H19ClN2S. The van der Waals surface area contributed by atoms with Crippen molar-refractivity contribution in [2.75, 3.05) is 11.9 Å². The minimum Gasteiger partial charge on any atom is -0.389 e. The predicted molar refractivity (Wildman–Crippen MR) is 82.3 cm³/mol. The van der Waals surface area contributed by atoms with Crippen LogP contribution in [0.1, 0.15) is 32.3 Å². The molecule has 1 fully saturated rings. The van der Waals surface area contributed by atoms with Crippen LogP contribution in [0.4, 0.5) is 5.69 Å². The largest absolute Gasteiger partial charge is 0.389 e. The van der Waals surface area contributed by atoms with Crippen molar-refractivity contribution in [3.63, 3.8) is 0 Å². The fourth-order valence-electron chi connectivity index (χ4n) is 2.26. The summed E-state index contributed by atoms with van der Waals surface area (Å²) in [5, 5.41) is 4.14. The van der Waals surface area contributed by atoms with Crippen LogP contribution in [-0.4, -0.2) is 11.5 Å². The third-order valence-electron chi connectivity index (χ3n) is 3.99. The standard InChI is InChI=1S/C14H19ClN2S/c1-9(2)14(5-6-14)8-17-12-4-3-10(15)7-11(12)13(16)18/h3-4,7,9,17H,5-6,8H2,1-2H3,(H2,16,18). The number of rotatable bonds is 5. The summed E-state index contributed by atoms with van der Waals surface area (Å²) in [6.45, 7) is 5.54. The van der Waals surface area contributed by atoms with Gasteiger partial charge in [0.2, 0.25) is 0 Å². The van der Waals surface area contributed by atoms with Gasteiger partial charge in [0.25, 0.3) is 0 Å². The lowest BCUT2D eigenvalue weighted by molar-refractivity contribution is 0.380. The van der Waals surface area contributed by atoms with Gasteiger partial charge in [-0.25, -0.2) is 0 Å². The molecule has 1 aliphatic rings. The lowest BCUT2D eigenvalue weighted by Crippen LogP contribution is -2.22. The van der Waals surface area contributed by atoms with Gasteiger partial charge in [0, 0.05) is 22.8 Å². The smallest absolute Gasteiger partial charge is 0.106 e. The zero-order chi connectivity index (χ0) is 13.3. The number of benzene rings is 1. The van der Waals surface area contributed by atoms with Crippen molar-refractivity contribution in [2.45, 2.75) is 26.7 Å². The Bertz CT molecular complexity index is 467. The van der Waals surface area contributed by atoms with E-state index < -0.39 is 0 Å². The molecule has 1 aliphatic carbocycles. The van der Waals surface area contributed by atoms with E-state index >= 15 is 0 Å². The molecule has 0 amide bonds. The molecule has 0 aromatic heterocycles. The highest BCUT2D eigenvalue weighted by atomic mass is 35.5. The van der Waals surface area contributed by atoms with Crippen LogP contribution in [0.3, 0.4) is 0 Å². The summed E-state index contributed by atoms with van der Waals surface area (Å²) in [7, 11) is 0. The van der Waals surface area contributed by atoms with Crippen molar-refractivity contribution < 1.29 is 0 Å². The molecule has 0 saturated heterocycles. The Kier molecular flexibility index (Phi) is 3.83. The van der Waals surface area contributed by atoms with Gasteiger partial charge >= 0.3 is 0 Å². The third-order valence-corrected chi connectivity index (χ3v) is 4.45. The fraction of sp³-hybridized carbons (Fsp3) is 0.500. The molecule has 0 spiro atoms. The van der Waals surface area contributed by atoms with E-state index in [2.05, 4.69) is 19.2 Å². The third kappa shape index (κ3) is 2.78. The Morgan fingerprint density at radius 3 is 2.67 bits per heavy atom. The molecule has 4 heteroatoms. The molecular weight excluding hydrogens is 264 g/mol. The van der Waals surface area contributed by atoms with Crippen molar-refractivity contribution in [2.24, 2.45) is 17.1 Å². The normalized spacial score (nSPS) is 16.7. The number of nitrogens with two attached hydrogens (primary N) is 1. The van der Waals surface area contributed by atoms with Gasteiger partial charge in [-0.1, -0.05) is 37.7 Å². The van der Waals surface area contributed by atoms with E-state index in [0.717, 1.165) is 17.8 Å². The summed E-state index contributed by atoms with van der Waals surface area (Å²) < 4.78 is 0. The lowest BCUT2D eigenvalue weighted by atomic mass is 9.92. The highest BCUT2D eigenvalue weighted by Gasteiger charge is 2.44. The van der Waals surface area contributed by atoms with E-state index in [-0.39, 0.29) is 0 Å². The van der Waals surface area contributed by atoms with Gasteiger partial charge < -0.3 is 11.1 Å². The second kappa shape index (κ2) is 5.06. The average molecular weight is 283 g/mol. The highest BCUT2D eigenvalue weighted by Crippen LogP contribution is 2.51. The van der Waals surface area contributed by atoms with Crippen LogP contribution in [0.2, 0.25) is 5.02 Å². The minimum atomic E-state index is 0.384. The minimum absolute atomic E-state index is 0.384. The molecule has 0 radical (unpaired) electrons. The molecule has 2 nitrogen and oxygen atoms in total. The van der Waals surface area contributed by atoms with Gasteiger partial charge in [0.1, 0.15) is 4.99 Å². The first-order chi connectivity index (χ1) is 8.44. The summed E-state index contributed by atoms with van der Waals surface area (Å²) in [6, 6.07) is 5.63. The van der Waals surface area contributed by atoms with Gasteiger partial charge in [0.05, 0.1) is 0 Å². The van der Waals surface area contributed by atoms with E-state index in [4.69, 9.17) is 29.6 Å². The van der Waals surface area contributed by atoms with E-state index in [1.807, 2.05) is 18.2 Å². The van der Waals surface area contributed by atoms with E-state index in [9.17, 15) is 0 Å². The van der Waals surface area contributed by atoms with Crippen LogP contribution in [-0.2, 0) is 0 Å². The van der Waals surface area contributed by atoms with Gasteiger partial charge in [-0.2, -0.15) is 0 Å². The maximum atomic E-state index is 5.97. The van der Waals surface area contributed by atoms with Gasteiger partial charge in [-0.05, 0) is 42.4 Å². The Hall–Kier alpha value is -0.800. The number of halogens is 1. The first-order valence-corrected chi connectivity index (χ1v) is 7.06. The van der Waals surface area contributed by atoms with E-state index in [0.29, 0.717) is 21.3 Å². The van der Waals surface area contributed by atoms with Gasteiger partial charge in [0.15, 0.2) is 0 Å². The monoisotopic (exact) mass is 282 g/mol. The molecule has 0 heterocycles. The number of hydrogen-bond donors (Lipinski definition) is 2. The zero-order valence-electron chi connectivity index (χ0n) is 10.8. The second-order valence-corrected chi connectivity index (χ2v) is 6.30. The van der Waals surface area contributed by atoms with Crippen LogP contribution in [0, 0.1) is 11.3 Å². The maximum absolute atomic E-state index is 5.97. The van der Waals surface area contributed by atoms with E-state index in [1.54, 1.807) is 0 Å². The van der Waals surface area contributed by atoms with Gasteiger partial charge in [-0.3, -0.25) is 0 Å². The molecule has 0 unspecified atom stereocenters. The van der Waals surface area contributed by atoms with Crippen molar-refractivity contribution in [3.8, 4) is 0 Å². The molecule has 2 rings (SSSR count). The molecule has 98 valence electrons. The number of hydrogen-bond acceptors (Lipinski definition) is 2. The predicted octanol–water partition coefficient (Wildman–Crippen LogP) is 3.82. The number of thiocarbonyl (C=S) groups is 1. The molecule has 0 bridgehead atoms. The summed E-state index contributed by atoms with van der Waals surface area (Å²) >= 11 is 11.0. The van der Waals surface area contributed by atoms with Crippen LogP contribution >= 0.6 is 23.8 Å². The van der Waals surface area contributed by atoms with Gasteiger partial charge in [-0.15, -0.1) is 0 Å². The van der Waals surface area contributed by atoms with Crippen molar-refractivity contribution in [1.29, 1.82) is 0 Å². The molecule has 1 aromatic rings. The Morgan fingerprint density at radius 1 is 1.50 bits per heavy atom. The Balaban J connectivity index is 2.12. The summed E-state index contributed by atoms with van der Waals surface area (Å²) in [6.07, 6.45) is 2.60. The molecule has 1 saturated carbocycles. The summed E-state index contributed by atoms with van der Waals surface area (Å²) in [5.41, 5.74) is 8.00. The Labute approximate surface area is 119 Å². The number of anilines is 1. The molecule has 1 aromatic carbocycles. The summed E-state index contributed by atoms with van der Waals surface area (Å²) in [4.78, 5) is 0.384. The van der Waals surface area contributed by atoms with Crippen LogP contribution in [0.5, 0.6) is 0 Å².